The third kappa shape index (κ3) is 6.92. The Morgan fingerprint density at radius 2 is 0.913 bits per heavy atom. The number of hydrogen-bond acceptors (Lipinski definition) is 2. The molecule has 0 fully saturated rings. The van der Waals surface area contributed by atoms with Gasteiger partial charge in [0.2, 0.25) is 0 Å². The zero-order valence-electron chi connectivity index (χ0n) is 29.6. The molecule has 0 heterocycles. The van der Waals surface area contributed by atoms with Gasteiger partial charge in [-0.2, -0.15) is 0 Å². The van der Waals surface area contributed by atoms with E-state index < -0.39 is 0 Å². The third-order valence-electron chi connectivity index (χ3n) is 10.3. The van der Waals surface area contributed by atoms with E-state index >= 15 is 0 Å². The second-order valence-electron chi connectivity index (χ2n) is 16.5. The molecule has 0 aliphatic heterocycles. The van der Waals surface area contributed by atoms with Gasteiger partial charge in [-0.25, -0.2) is 0 Å². The second kappa shape index (κ2) is 12.9. The molecule has 0 bridgehead atoms. The van der Waals surface area contributed by atoms with Crippen molar-refractivity contribution >= 4 is 0 Å². The van der Waals surface area contributed by atoms with Gasteiger partial charge in [-0.05, 0) is 106 Å². The summed E-state index contributed by atoms with van der Waals surface area (Å²) >= 11 is 0. The molecule has 0 saturated heterocycles. The predicted octanol–water partition coefficient (Wildman–Crippen LogP) is 12.2. The van der Waals surface area contributed by atoms with Crippen LogP contribution in [0.1, 0.15) is 114 Å². The minimum absolute atomic E-state index is 0.260. The van der Waals surface area contributed by atoms with Gasteiger partial charge in [0.15, 0.2) is 11.5 Å². The summed E-state index contributed by atoms with van der Waals surface area (Å²) in [6.45, 7) is 18.9. The lowest BCUT2D eigenvalue weighted by Gasteiger charge is -2.28. The first-order chi connectivity index (χ1) is 21.9. The summed E-state index contributed by atoms with van der Waals surface area (Å²) in [6.07, 6.45) is 8.34. The minimum atomic E-state index is 0.260. The summed E-state index contributed by atoms with van der Waals surface area (Å²) in [4.78, 5) is 13.4. The smallest absolute Gasteiger partial charge is 0.185 e. The number of rotatable bonds is 13. The molecular formula is C44H54O2. The van der Waals surface area contributed by atoms with Crippen LogP contribution in [-0.2, 0) is 25.7 Å². The topological polar surface area (TPSA) is 18.5 Å². The minimum Gasteiger partial charge on any atom is -0.289 e. The first-order valence-electron chi connectivity index (χ1n) is 17.7. The predicted molar refractivity (Wildman–Crippen MR) is 194 cm³/mol. The van der Waals surface area contributed by atoms with Crippen LogP contribution in [0.2, 0.25) is 0 Å². The number of benzene rings is 4. The molecule has 0 atom stereocenters. The standard InChI is InChI=1S/C44H54O2/c1-29(2)27-43(5,6)23-21-31-17-19-37-35-15-11-9-13-33(35)25-39(37)41(31)45-46-42-32(22-24-44(7,8)28-30(3)4)18-20-38-36-16-12-10-14-34(36)26-40(38)42/h9-20,29-30H,21-28H2,1-8H3. The average molecular weight is 615 g/mol. The Morgan fingerprint density at radius 1 is 0.522 bits per heavy atom. The van der Waals surface area contributed by atoms with Crippen molar-refractivity contribution in [3.8, 4) is 33.8 Å². The van der Waals surface area contributed by atoms with Crippen LogP contribution >= 0.6 is 0 Å². The van der Waals surface area contributed by atoms with Crippen molar-refractivity contribution in [3.63, 3.8) is 0 Å². The fraction of sp³-hybridized carbons (Fsp3) is 0.455. The van der Waals surface area contributed by atoms with Gasteiger partial charge in [-0.3, -0.25) is 9.78 Å². The number of aryl methyl sites for hydroxylation is 2. The average Bonchev–Trinajstić information content (AvgIpc) is 3.56. The van der Waals surface area contributed by atoms with Crippen molar-refractivity contribution < 1.29 is 9.78 Å². The summed E-state index contributed by atoms with van der Waals surface area (Å²) in [6, 6.07) is 26.8. The molecule has 2 aliphatic carbocycles. The van der Waals surface area contributed by atoms with Gasteiger partial charge in [0.05, 0.1) is 0 Å². The molecule has 242 valence electrons. The van der Waals surface area contributed by atoms with Crippen LogP contribution in [0.15, 0.2) is 72.8 Å². The Bertz CT molecular complexity index is 1580. The molecule has 2 nitrogen and oxygen atoms in total. The van der Waals surface area contributed by atoms with Crippen LogP contribution in [0.3, 0.4) is 0 Å². The Hall–Kier alpha value is -3.52. The maximum atomic E-state index is 6.70. The summed E-state index contributed by atoms with van der Waals surface area (Å²) in [5, 5.41) is 0. The fourth-order valence-electron chi connectivity index (χ4n) is 8.51. The summed E-state index contributed by atoms with van der Waals surface area (Å²) in [5.41, 5.74) is 13.5. The molecule has 0 aromatic heterocycles. The number of hydrogen-bond donors (Lipinski definition) is 0. The lowest BCUT2D eigenvalue weighted by Crippen LogP contribution is -2.17. The highest BCUT2D eigenvalue weighted by atomic mass is 17.2. The molecule has 0 radical (unpaired) electrons. The van der Waals surface area contributed by atoms with Crippen LogP contribution < -0.4 is 9.78 Å². The summed E-state index contributed by atoms with van der Waals surface area (Å²) in [7, 11) is 0. The van der Waals surface area contributed by atoms with Crippen molar-refractivity contribution in [2.24, 2.45) is 22.7 Å². The molecule has 0 amide bonds. The molecule has 0 saturated carbocycles. The monoisotopic (exact) mass is 614 g/mol. The Labute approximate surface area is 278 Å². The molecule has 46 heavy (non-hydrogen) atoms. The number of fused-ring (bicyclic) bond motifs is 6. The van der Waals surface area contributed by atoms with E-state index in [4.69, 9.17) is 9.78 Å². The van der Waals surface area contributed by atoms with E-state index in [0.717, 1.165) is 50.0 Å². The van der Waals surface area contributed by atoms with Crippen LogP contribution in [-0.4, -0.2) is 0 Å². The quantitative estimate of drug-likeness (QED) is 0.0951. The molecule has 0 unspecified atom stereocenters. The van der Waals surface area contributed by atoms with Crippen molar-refractivity contribution in [1.29, 1.82) is 0 Å². The fourth-order valence-corrected chi connectivity index (χ4v) is 8.51. The molecular weight excluding hydrogens is 560 g/mol. The lowest BCUT2D eigenvalue weighted by atomic mass is 9.79. The first kappa shape index (κ1) is 32.4. The van der Waals surface area contributed by atoms with Crippen molar-refractivity contribution in [2.75, 3.05) is 0 Å². The molecule has 6 rings (SSSR count). The van der Waals surface area contributed by atoms with Crippen LogP contribution in [0.4, 0.5) is 0 Å². The zero-order valence-corrected chi connectivity index (χ0v) is 29.6. The second-order valence-corrected chi connectivity index (χ2v) is 16.5. The highest BCUT2D eigenvalue weighted by Crippen LogP contribution is 2.47. The molecule has 0 spiro atoms. The molecule has 2 heteroatoms. The molecule has 0 N–H and O–H groups in total. The van der Waals surface area contributed by atoms with Crippen LogP contribution in [0, 0.1) is 22.7 Å². The maximum absolute atomic E-state index is 6.70. The largest absolute Gasteiger partial charge is 0.289 e. The van der Waals surface area contributed by atoms with Gasteiger partial charge < -0.3 is 0 Å². The van der Waals surface area contributed by atoms with Gasteiger partial charge in [-0.15, -0.1) is 0 Å². The van der Waals surface area contributed by atoms with E-state index in [1.807, 2.05) is 0 Å². The summed E-state index contributed by atoms with van der Waals surface area (Å²) in [5.74, 6) is 3.20. The molecule has 2 aliphatic rings. The van der Waals surface area contributed by atoms with E-state index in [1.54, 1.807) is 0 Å². The van der Waals surface area contributed by atoms with Gasteiger partial charge in [-0.1, -0.05) is 128 Å². The van der Waals surface area contributed by atoms with Crippen LogP contribution in [0.5, 0.6) is 11.5 Å². The lowest BCUT2D eigenvalue weighted by molar-refractivity contribution is -0.103. The van der Waals surface area contributed by atoms with Gasteiger partial charge in [0.25, 0.3) is 0 Å². The van der Waals surface area contributed by atoms with Gasteiger partial charge in [0.1, 0.15) is 0 Å². The molecule has 4 aromatic carbocycles. The van der Waals surface area contributed by atoms with Crippen molar-refractivity contribution in [2.45, 2.75) is 107 Å². The Balaban J connectivity index is 1.36. The van der Waals surface area contributed by atoms with Crippen molar-refractivity contribution in [1.82, 2.24) is 0 Å². The van der Waals surface area contributed by atoms with Gasteiger partial charge in [0, 0.05) is 24.0 Å². The van der Waals surface area contributed by atoms with E-state index in [9.17, 15) is 0 Å². The van der Waals surface area contributed by atoms with Gasteiger partial charge >= 0.3 is 0 Å². The first-order valence-corrected chi connectivity index (χ1v) is 17.7. The third-order valence-corrected chi connectivity index (χ3v) is 10.3. The van der Waals surface area contributed by atoms with Crippen molar-refractivity contribution in [3.05, 3.63) is 106 Å². The Morgan fingerprint density at radius 3 is 1.30 bits per heavy atom. The Kier molecular flexibility index (Phi) is 9.12. The van der Waals surface area contributed by atoms with E-state index in [1.165, 1.54) is 68.5 Å². The maximum Gasteiger partial charge on any atom is 0.185 e. The van der Waals surface area contributed by atoms with Crippen LogP contribution in [0.25, 0.3) is 22.3 Å². The summed E-state index contributed by atoms with van der Waals surface area (Å²) < 4.78 is 0. The SMILES string of the molecule is CC(C)CC(C)(C)CCc1ccc2c(c1OOc1c(CCC(C)(C)CC(C)C)ccc3c1Cc1ccccc1-3)Cc1ccccc1-2. The normalized spacial score (nSPS) is 13.5. The zero-order chi connectivity index (χ0) is 32.6. The van der Waals surface area contributed by atoms with E-state index in [-0.39, 0.29) is 10.8 Å². The highest BCUT2D eigenvalue weighted by molar-refractivity contribution is 5.81. The highest BCUT2D eigenvalue weighted by Gasteiger charge is 2.30. The van der Waals surface area contributed by atoms with E-state index in [2.05, 4.69) is 128 Å². The van der Waals surface area contributed by atoms with E-state index in [0.29, 0.717) is 11.8 Å². The molecule has 4 aromatic rings.